The van der Waals surface area contributed by atoms with Gasteiger partial charge in [0, 0.05) is 5.41 Å². The van der Waals surface area contributed by atoms with Crippen LogP contribution in [0.25, 0.3) is 0 Å². The molecule has 8 rings (SSSR count). The molecular formula is C47H76O18. The first-order valence-electron chi connectivity index (χ1n) is 23.9. The number of carbonyl (C=O) groups excluding carboxylic acids is 1. The van der Waals surface area contributed by atoms with Crippen LogP contribution in [-0.2, 0) is 33.2 Å². The first kappa shape index (κ1) is 50.0. The summed E-state index contributed by atoms with van der Waals surface area (Å²) in [5, 5.41) is 116. The van der Waals surface area contributed by atoms with Crippen LogP contribution in [0.15, 0.2) is 11.6 Å². The Balaban J connectivity index is 1.02. The Morgan fingerprint density at radius 2 is 1.22 bits per heavy atom. The third kappa shape index (κ3) is 7.80. The van der Waals surface area contributed by atoms with E-state index >= 15 is 0 Å². The monoisotopic (exact) mass is 929 g/mol. The molecule has 0 aromatic rings. The molecule has 18 nitrogen and oxygen atoms in total. The van der Waals surface area contributed by atoms with E-state index in [1.807, 2.05) is 0 Å². The summed E-state index contributed by atoms with van der Waals surface area (Å²) in [6.07, 6.45) is -12.0. The van der Waals surface area contributed by atoms with Crippen molar-refractivity contribution in [2.75, 3.05) is 26.4 Å². The average molecular weight is 929 g/mol. The summed E-state index contributed by atoms with van der Waals surface area (Å²) in [6, 6.07) is 0. The third-order valence-electron chi connectivity index (χ3n) is 19.1. The second-order valence-electron chi connectivity index (χ2n) is 22.9. The molecule has 0 bridgehead atoms. The highest BCUT2D eigenvalue weighted by atomic mass is 16.7. The van der Waals surface area contributed by atoms with Gasteiger partial charge < -0.3 is 84.6 Å². The first-order chi connectivity index (χ1) is 30.5. The Kier molecular flexibility index (Phi) is 13.7. The van der Waals surface area contributed by atoms with Crippen LogP contribution >= 0.6 is 0 Å². The van der Waals surface area contributed by atoms with Crippen LogP contribution in [0.4, 0.5) is 0 Å². The fourth-order valence-electron chi connectivity index (χ4n) is 14.7. The highest BCUT2D eigenvalue weighted by Crippen LogP contribution is 2.76. The van der Waals surface area contributed by atoms with Crippen molar-refractivity contribution in [2.24, 2.45) is 50.2 Å². The molecule has 0 unspecified atom stereocenters. The van der Waals surface area contributed by atoms with Gasteiger partial charge in [0.05, 0.1) is 37.9 Å². The van der Waals surface area contributed by atoms with Gasteiger partial charge in [0.15, 0.2) is 12.6 Å². The van der Waals surface area contributed by atoms with E-state index in [-0.39, 0.29) is 46.0 Å². The number of rotatable bonds is 10. The van der Waals surface area contributed by atoms with E-state index in [9.17, 15) is 61.0 Å². The minimum Gasteiger partial charge on any atom is -0.432 e. The van der Waals surface area contributed by atoms with E-state index in [0.717, 1.165) is 38.5 Å². The molecule has 18 heteroatoms. The summed E-state index contributed by atoms with van der Waals surface area (Å²) in [5.74, 6) is -0.484. The summed E-state index contributed by atoms with van der Waals surface area (Å²) in [4.78, 5) is 14.9. The van der Waals surface area contributed by atoms with Crippen molar-refractivity contribution < 1.29 is 89.4 Å². The van der Waals surface area contributed by atoms with Gasteiger partial charge in [-0.15, -0.1) is 0 Å². The number of aliphatic hydroxyl groups excluding tert-OH is 11. The number of carbonyl (C=O) groups is 1. The first-order valence-corrected chi connectivity index (χ1v) is 23.9. The standard InChI is InChI=1S/C47H76O18/c1-42(2)13-15-47(41(59)65-40-37(58)34(55)32(53)26(63-40)20-60-38-36(57)33(54)30(51)24(18-48)61-38)16-14-45(5)22(23(47)17-42)7-8-28-43(3)11-10-29(64-39-35(56)31(52)25(19-49)62-39)44(4,21-50)27(43)9-12-46(28,45)6/h7,23-40,48-58H,8-21H2,1-6H3/t23-,24+,25-,26+,27+,28+,29-,30+,31-,32+,33-,34-,35+,36+,37+,38+,39-,40-,43-,44-,45+,46+,47-/m0/s1. The molecule has 0 spiro atoms. The predicted octanol–water partition coefficient (Wildman–Crippen LogP) is -0.248. The number of fused-ring (bicyclic) bond motifs is 7. The zero-order valence-corrected chi connectivity index (χ0v) is 38.6. The van der Waals surface area contributed by atoms with Crippen LogP contribution in [0.5, 0.6) is 0 Å². The summed E-state index contributed by atoms with van der Waals surface area (Å²) in [5.41, 5.74) is -1.23. The van der Waals surface area contributed by atoms with Crippen molar-refractivity contribution in [1.82, 2.24) is 0 Å². The van der Waals surface area contributed by atoms with Crippen LogP contribution in [0.1, 0.15) is 106 Å². The Labute approximate surface area is 380 Å². The van der Waals surface area contributed by atoms with Gasteiger partial charge in [-0.3, -0.25) is 4.79 Å². The van der Waals surface area contributed by atoms with Gasteiger partial charge in [-0.2, -0.15) is 0 Å². The highest BCUT2D eigenvalue weighted by molar-refractivity contribution is 5.79. The van der Waals surface area contributed by atoms with E-state index in [0.29, 0.717) is 25.7 Å². The lowest BCUT2D eigenvalue weighted by atomic mass is 9.33. The van der Waals surface area contributed by atoms with Gasteiger partial charge in [-0.05, 0) is 104 Å². The van der Waals surface area contributed by atoms with Crippen LogP contribution in [0.2, 0.25) is 0 Å². The highest BCUT2D eigenvalue weighted by Gasteiger charge is 2.70. The molecule has 23 atom stereocenters. The normalized spacial score (nSPS) is 54.1. The Bertz CT molecular complexity index is 1760. The topological polar surface area (TPSA) is 295 Å². The van der Waals surface area contributed by atoms with Crippen LogP contribution in [-0.4, -0.2) is 181 Å². The van der Waals surface area contributed by atoms with Crippen LogP contribution < -0.4 is 0 Å². The fourth-order valence-corrected chi connectivity index (χ4v) is 14.7. The molecule has 3 saturated heterocycles. The molecule has 5 aliphatic carbocycles. The van der Waals surface area contributed by atoms with Crippen molar-refractivity contribution >= 4 is 5.97 Å². The Morgan fingerprint density at radius 3 is 1.86 bits per heavy atom. The Morgan fingerprint density at radius 1 is 0.646 bits per heavy atom. The third-order valence-corrected chi connectivity index (χ3v) is 19.1. The van der Waals surface area contributed by atoms with Gasteiger partial charge >= 0.3 is 5.97 Å². The molecule has 0 aromatic heterocycles. The van der Waals surface area contributed by atoms with Gasteiger partial charge in [0.1, 0.15) is 67.1 Å². The maximum Gasteiger partial charge on any atom is 0.315 e. The fraction of sp³-hybridized carbons (Fsp3) is 0.936. The smallest absolute Gasteiger partial charge is 0.315 e. The minimum absolute atomic E-state index is 0.0565. The predicted molar refractivity (Wildman–Crippen MR) is 226 cm³/mol. The maximum atomic E-state index is 14.9. The number of hydrogen-bond donors (Lipinski definition) is 11. The molecule has 372 valence electrons. The SMILES string of the molecule is CC1(C)CC[C@]2(C(=O)O[C@@H]3O[C@H](CO[C@@H]4O[C@H](CO)[C@@H](O)[C@H](O)[C@H]4O)[C@@H](O)[C@H](O)[C@H]3O)CC[C@]3(C)C(=CC[C@@H]4[C@@]5(C)CC[C@H](O[C@@H]6O[C@@H](CO)[C@H](O)[C@H]6O)[C@@](C)(CO)[C@@H]5CC[C@]43C)[C@@H]2C1. The quantitative estimate of drug-likeness (QED) is 0.0995. The molecule has 11 N–H and O–H groups in total. The lowest BCUT2D eigenvalue weighted by Gasteiger charge is -2.71. The summed E-state index contributed by atoms with van der Waals surface area (Å²) < 4.78 is 35.2. The average Bonchev–Trinajstić information content (AvgIpc) is 3.54. The van der Waals surface area contributed by atoms with Crippen molar-refractivity contribution in [3.05, 3.63) is 11.6 Å². The van der Waals surface area contributed by atoms with E-state index in [1.54, 1.807) is 0 Å². The molecule has 0 radical (unpaired) electrons. The van der Waals surface area contributed by atoms with E-state index in [1.165, 1.54) is 5.57 Å². The summed E-state index contributed by atoms with van der Waals surface area (Å²) in [6.45, 7) is 11.8. The van der Waals surface area contributed by atoms with Crippen molar-refractivity contribution in [2.45, 2.75) is 198 Å². The lowest BCUT2D eigenvalue weighted by molar-refractivity contribution is -0.328. The van der Waals surface area contributed by atoms with Crippen LogP contribution in [0, 0.1) is 50.2 Å². The number of hydrogen-bond acceptors (Lipinski definition) is 18. The molecular weight excluding hydrogens is 852 g/mol. The molecule has 8 aliphatic rings. The van der Waals surface area contributed by atoms with Crippen LogP contribution in [0.3, 0.4) is 0 Å². The van der Waals surface area contributed by atoms with Gasteiger partial charge in [-0.25, -0.2) is 0 Å². The van der Waals surface area contributed by atoms with Gasteiger partial charge in [0.25, 0.3) is 0 Å². The number of ether oxygens (including phenoxy) is 6. The molecule has 0 amide bonds. The van der Waals surface area contributed by atoms with Crippen molar-refractivity contribution in [1.29, 1.82) is 0 Å². The van der Waals surface area contributed by atoms with Gasteiger partial charge in [-0.1, -0.05) is 53.2 Å². The molecule has 0 aromatic carbocycles. The lowest BCUT2D eigenvalue weighted by Crippen LogP contribution is -2.66. The number of aliphatic hydroxyl groups is 11. The number of esters is 1. The minimum atomic E-state index is -1.81. The maximum absolute atomic E-state index is 14.9. The zero-order chi connectivity index (χ0) is 47.4. The van der Waals surface area contributed by atoms with E-state index < -0.39 is 129 Å². The molecule has 65 heavy (non-hydrogen) atoms. The largest absolute Gasteiger partial charge is 0.432 e. The Hall–Kier alpha value is -1.43. The number of allylic oxidation sites excluding steroid dienone is 2. The zero-order valence-electron chi connectivity index (χ0n) is 38.6. The van der Waals surface area contributed by atoms with Crippen molar-refractivity contribution in [3.63, 3.8) is 0 Å². The summed E-state index contributed by atoms with van der Waals surface area (Å²) in [7, 11) is 0. The molecule has 3 heterocycles. The molecule has 3 aliphatic heterocycles. The van der Waals surface area contributed by atoms with Gasteiger partial charge in [0.2, 0.25) is 6.29 Å². The molecule has 7 fully saturated rings. The second kappa shape index (κ2) is 17.8. The molecule has 4 saturated carbocycles. The second-order valence-corrected chi connectivity index (χ2v) is 22.9. The summed E-state index contributed by atoms with van der Waals surface area (Å²) >= 11 is 0. The van der Waals surface area contributed by atoms with Crippen molar-refractivity contribution in [3.8, 4) is 0 Å². The van der Waals surface area contributed by atoms with E-state index in [4.69, 9.17) is 28.4 Å². The van der Waals surface area contributed by atoms with E-state index in [2.05, 4.69) is 47.6 Å².